The molecule has 0 amide bonds. The molecule has 26 heavy (non-hydrogen) atoms. The monoisotopic (exact) mass is 488 g/mol. The number of nitrogens with zero attached hydrogens (tertiary/aromatic N) is 2. The van der Waals surface area contributed by atoms with Crippen LogP contribution in [0.2, 0.25) is 0 Å². The second-order valence-electron chi connectivity index (χ2n) is 6.54. The van der Waals surface area contributed by atoms with Gasteiger partial charge in [0.05, 0.1) is 0 Å². The summed E-state index contributed by atoms with van der Waals surface area (Å²) in [6.45, 7) is 1.86. The van der Waals surface area contributed by atoms with Gasteiger partial charge >= 0.3 is 169 Å². The van der Waals surface area contributed by atoms with Gasteiger partial charge in [-0.05, 0) is 0 Å². The van der Waals surface area contributed by atoms with Crippen molar-refractivity contribution in [3.05, 3.63) is 47.5 Å². The van der Waals surface area contributed by atoms with Crippen molar-refractivity contribution < 1.29 is 9.47 Å². The zero-order chi connectivity index (χ0) is 19.1. The fourth-order valence-corrected chi connectivity index (χ4v) is 10.9. The van der Waals surface area contributed by atoms with Crippen LogP contribution >= 0.6 is 0 Å². The molecule has 0 unspecified atom stereocenters. The van der Waals surface area contributed by atoms with Gasteiger partial charge in [0.25, 0.3) is 0 Å². The molecule has 0 atom stereocenters. The molecule has 2 rings (SSSR count). The Balaban J connectivity index is 2.34. The van der Waals surface area contributed by atoms with Crippen LogP contribution in [0.3, 0.4) is 0 Å². The summed E-state index contributed by atoms with van der Waals surface area (Å²) in [7, 11) is 12.0. The quantitative estimate of drug-likeness (QED) is 0.496. The molecule has 142 valence electrons. The molecule has 4 nitrogen and oxygen atoms in total. The summed E-state index contributed by atoms with van der Waals surface area (Å²) in [6, 6.07) is 12.8. The zero-order valence-electron chi connectivity index (χ0n) is 16.4. The van der Waals surface area contributed by atoms with Crippen LogP contribution in [-0.4, -0.2) is 78.5 Å². The topological polar surface area (TPSA) is 24.9 Å². The molecule has 0 aliphatic carbocycles. The van der Waals surface area contributed by atoms with Crippen LogP contribution in [-0.2, 0) is 13.1 Å². The van der Waals surface area contributed by atoms with E-state index < -0.39 is 0 Å². The van der Waals surface area contributed by atoms with Gasteiger partial charge in [0, 0.05) is 0 Å². The van der Waals surface area contributed by atoms with E-state index >= 15 is 0 Å². The van der Waals surface area contributed by atoms with Crippen LogP contribution in [0.4, 0.5) is 0 Å². The Bertz CT molecular complexity index is 659. The van der Waals surface area contributed by atoms with E-state index in [9.17, 15) is 0 Å². The SMILES string of the molecule is COc1cccc(CN(C)C)c1[Se][Se]c1c(CN(C)C)cccc1OC. The molecular formula is C20H28N2O2Se2. The Hall–Kier alpha value is -1.00. The van der Waals surface area contributed by atoms with Gasteiger partial charge in [0.2, 0.25) is 0 Å². The first-order valence-corrected chi connectivity index (χ1v) is 14.5. The maximum atomic E-state index is 5.67. The van der Waals surface area contributed by atoms with Crippen LogP contribution in [0, 0.1) is 0 Å². The predicted octanol–water partition coefficient (Wildman–Crippen LogP) is 1.10. The molecule has 0 saturated heterocycles. The number of rotatable bonds is 9. The summed E-state index contributed by atoms with van der Waals surface area (Å²) >= 11 is 0.640. The molecule has 2 aromatic carbocycles. The summed E-state index contributed by atoms with van der Waals surface area (Å²) < 4.78 is 14.1. The van der Waals surface area contributed by atoms with Crippen LogP contribution in [0.15, 0.2) is 36.4 Å². The van der Waals surface area contributed by atoms with E-state index in [0.29, 0.717) is 26.3 Å². The third-order valence-corrected chi connectivity index (χ3v) is 11.1. The molecule has 0 N–H and O–H groups in total. The Kier molecular flexibility index (Phi) is 8.49. The first kappa shape index (κ1) is 21.3. The van der Waals surface area contributed by atoms with Gasteiger partial charge in [-0.25, -0.2) is 0 Å². The average Bonchev–Trinajstić information content (AvgIpc) is 2.60. The first-order valence-electron chi connectivity index (χ1n) is 8.42. The van der Waals surface area contributed by atoms with Gasteiger partial charge in [-0.15, -0.1) is 0 Å². The van der Waals surface area contributed by atoms with Gasteiger partial charge in [-0.1, -0.05) is 0 Å². The van der Waals surface area contributed by atoms with E-state index in [-0.39, 0.29) is 0 Å². The van der Waals surface area contributed by atoms with Crippen LogP contribution < -0.4 is 18.4 Å². The zero-order valence-corrected chi connectivity index (χ0v) is 19.8. The number of methoxy groups -OCH3 is 2. The summed E-state index contributed by atoms with van der Waals surface area (Å²) in [6.07, 6.45) is 0. The van der Waals surface area contributed by atoms with Gasteiger partial charge in [-0.3, -0.25) is 0 Å². The average molecular weight is 486 g/mol. The molecule has 0 bridgehead atoms. The molecule has 0 aliphatic rings. The number of benzene rings is 2. The number of hydrogen-bond acceptors (Lipinski definition) is 4. The second kappa shape index (κ2) is 10.4. The van der Waals surface area contributed by atoms with E-state index in [4.69, 9.17) is 9.47 Å². The third-order valence-electron chi connectivity index (χ3n) is 3.74. The summed E-state index contributed by atoms with van der Waals surface area (Å²) in [5.74, 6) is 2.02. The number of ether oxygens (including phenoxy) is 2. The van der Waals surface area contributed by atoms with Crippen molar-refractivity contribution in [2.45, 2.75) is 13.1 Å². The minimum atomic E-state index is 0.320. The standard InChI is InChI=1S/C20H28N2O2Se2/c1-21(2)13-15-9-7-11-17(23-5)19(15)25-26-20-16(14-22(3)4)10-8-12-18(20)24-6/h7-12H,13-14H2,1-6H3. The molecule has 6 heteroatoms. The fourth-order valence-electron chi connectivity index (χ4n) is 2.65. The molecular weight excluding hydrogens is 458 g/mol. The molecule has 0 spiro atoms. The van der Waals surface area contributed by atoms with Crippen LogP contribution in [0.25, 0.3) is 0 Å². The van der Waals surface area contributed by atoms with Crippen molar-refractivity contribution in [2.75, 3.05) is 42.4 Å². The Labute approximate surface area is 168 Å². The van der Waals surface area contributed by atoms with E-state index in [1.165, 1.54) is 20.1 Å². The molecule has 2 aromatic rings. The Morgan fingerprint density at radius 1 is 0.692 bits per heavy atom. The normalized spacial score (nSPS) is 11.2. The van der Waals surface area contributed by atoms with Crippen LogP contribution in [0.1, 0.15) is 11.1 Å². The van der Waals surface area contributed by atoms with Gasteiger partial charge in [-0.2, -0.15) is 0 Å². The Morgan fingerprint density at radius 2 is 1.08 bits per heavy atom. The van der Waals surface area contributed by atoms with Gasteiger partial charge in [0.15, 0.2) is 0 Å². The van der Waals surface area contributed by atoms with Crippen molar-refractivity contribution in [2.24, 2.45) is 0 Å². The maximum absolute atomic E-state index is 5.67. The van der Waals surface area contributed by atoms with Crippen molar-refractivity contribution in [3.63, 3.8) is 0 Å². The predicted molar refractivity (Wildman–Crippen MR) is 112 cm³/mol. The summed E-state index contributed by atoms with van der Waals surface area (Å²) in [5, 5.41) is 0. The van der Waals surface area contributed by atoms with E-state index in [2.05, 4.69) is 74.4 Å². The van der Waals surface area contributed by atoms with E-state index in [0.717, 1.165) is 24.6 Å². The summed E-state index contributed by atoms with van der Waals surface area (Å²) in [4.78, 5) is 4.42. The first-order chi connectivity index (χ1) is 12.5. The Morgan fingerprint density at radius 3 is 1.38 bits per heavy atom. The molecule has 0 aliphatic heterocycles. The van der Waals surface area contributed by atoms with Crippen molar-refractivity contribution >= 4 is 35.2 Å². The fraction of sp³-hybridized carbons (Fsp3) is 0.400. The van der Waals surface area contributed by atoms with Crippen LogP contribution in [0.5, 0.6) is 11.5 Å². The summed E-state index contributed by atoms with van der Waals surface area (Å²) in [5.41, 5.74) is 2.72. The van der Waals surface area contributed by atoms with Gasteiger partial charge < -0.3 is 0 Å². The third kappa shape index (κ3) is 5.75. The molecule has 0 saturated carbocycles. The van der Waals surface area contributed by atoms with E-state index in [1.807, 2.05) is 0 Å². The number of hydrogen-bond donors (Lipinski definition) is 0. The van der Waals surface area contributed by atoms with E-state index in [1.54, 1.807) is 14.2 Å². The van der Waals surface area contributed by atoms with Crippen molar-refractivity contribution in [1.29, 1.82) is 0 Å². The minimum absolute atomic E-state index is 0.320. The molecule has 0 aromatic heterocycles. The molecule has 0 fully saturated rings. The van der Waals surface area contributed by atoms with Crippen molar-refractivity contribution in [1.82, 2.24) is 9.80 Å². The molecule has 0 heterocycles. The van der Waals surface area contributed by atoms with Gasteiger partial charge in [0.1, 0.15) is 0 Å². The second-order valence-corrected chi connectivity index (χ2v) is 12.6. The molecule has 0 radical (unpaired) electrons. The van der Waals surface area contributed by atoms with Crippen molar-refractivity contribution in [3.8, 4) is 11.5 Å².